The van der Waals surface area contributed by atoms with Gasteiger partial charge in [-0.25, -0.2) is 9.67 Å². The number of hydrogen-bond donors (Lipinski definition) is 2. The molecule has 0 spiro atoms. The van der Waals surface area contributed by atoms with Gasteiger partial charge >= 0.3 is 0 Å². The highest BCUT2D eigenvalue weighted by molar-refractivity contribution is 6.32. The molecule has 1 heterocycles. The number of carbonyl (C=O) groups is 1. The highest BCUT2D eigenvalue weighted by Crippen LogP contribution is 2.23. The van der Waals surface area contributed by atoms with Crippen molar-refractivity contribution >= 4 is 17.5 Å². The lowest BCUT2D eigenvalue weighted by Crippen LogP contribution is -2.33. The van der Waals surface area contributed by atoms with Crippen LogP contribution in [0.15, 0.2) is 24.3 Å². The van der Waals surface area contributed by atoms with Gasteiger partial charge in [-0.1, -0.05) is 37.6 Å². The molecule has 0 aliphatic heterocycles. The SMILES string of the molecule is COCCNCCNC(=O)c1nc(C(C)C)n(-c2ccccc2Cl)n1. The Balaban J connectivity index is 2.08. The van der Waals surface area contributed by atoms with E-state index in [1.165, 1.54) is 0 Å². The molecular formula is C17H24ClN5O2. The van der Waals surface area contributed by atoms with E-state index in [0.717, 1.165) is 6.54 Å². The monoisotopic (exact) mass is 365 g/mol. The second-order valence-corrected chi connectivity index (χ2v) is 6.22. The Morgan fingerprint density at radius 2 is 2.04 bits per heavy atom. The van der Waals surface area contributed by atoms with Gasteiger partial charge in [0.1, 0.15) is 5.82 Å². The summed E-state index contributed by atoms with van der Waals surface area (Å²) in [6.45, 7) is 6.51. The molecule has 2 aromatic rings. The van der Waals surface area contributed by atoms with Gasteiger partial charge < -0.3 is 15.4 Å². The van der Waals surface area contributed by atoms with E-state index in [4.69, 9.17) is 16.3 Å². The molecule has 0 radical (unpaired) electrons. The third kappa shape index (κ3) is 5.26. The number of ether oxygens (including phenoxy) is 1. The van der Waals surface area contributed by atoms with Gasteiger partial charge in [-0.2, -0.15) is 0 Å². The molecule has 1 aromatic heterocycles. The number of nitrogens with zero attached hydrogens (tertiary/aromatic N) is 3. The summed E-state index contributed by atoms with van der Waals surface area (Å²) in [7, 11) is 1.65. The van der Waals surface area contributed by atoms with Crippen LogP contribution in [-0.4, -0.2) is 54.0 Å². The molecular weight excluding hydrogens is 342 g/mol. The molecule has 8 heteroatoms. The fourth-order valence-electron chi connectivity index (χ4n) is 2.24. The van der Waals surface area contributed by atoms with E-state index in [1.54, 1.807) is 17.9 Å². The molecule has 136 valence electrons. The number of halogens is 1. The third-order valence-corrected chi connectivity index (χ3v) is 3.82. The first-order valence-corrected chi connectivity index (χ1v) is 8.62. The topological polar surface area (TPSA) is 81.1 Å². The van der Waals surface area contributed by atoms with Gasteiger partial charge in [0.05, 0.1) is 17.3 Å². The van der Waals surface area contributed by atoms with Crippen molar-refractivity contribution in [2.75, 3.05) is 33.4 Å². The van der Waals surface area contributed by atoms with Gasteiger partial charge in [0.25, 0.3) is 5.91 Å². The van der Waals surface area contributed by atoms with Crippen molar-refractivity contribution in [3.8, 4) is 5.69 Å². The Bertz CT molecular complexity index is 702. The van der Waals surface area contributed by atoms with Crippen molar-refractivity contribution in [3.05, 3.63) is 40.9 Å². The van der Waals surface area contributed by atoms with Gasteiger partial charge in [0.15, 0.2) is 0 Å². The van der Waals surface area contributed by atoms with E-state index in [-0.39, 0.29) is 17.6 Å². The van der Waals surface area contributed by atoms with Crippen LogP contribution >= 0.6 is 11.6 Å². The van der Waals surface area contributed by atoms with Crippen LogP contribution in [0.4, 0.5) is 0 Å². The largest absolute Gasteiger partial charge is 0.383 e. The number of rotatable bonds is 9. The fourth-order valence-corrected chi connectivity index (χ4v) is 2.45. The summed E-state index contributed by atoms with van der Waals surface area (Å²) < 4.78 is 6.58. The summed E-state index contributed by atoms with van der Waals surface area (Å²) in [5, 5.41) is 10.9. The van der Waals surface area contributed by atoms with Gasteiger partial charge in [0, 0.05) is 32.7 Å². The molecule has 0 bridgehead atoms. The maximum atomic E-state index is 12.3. The predicted octanol–water partition coefficient (Wildman–Crippen LogP) is 2.01. The second-order valence-electron chi connectivity index (χ2n) is 5.81. The Labute approximate surface area is 152 Å². The van der Waals surface area contributed by atoms with Crippen molar-refractivity contribution in [2.45, 2.75) is 19.8 Å². The average Bonchev–Trinajstić information content (AvgIpc) is 3.03. The number of carbonyl (C=O) groups excluding carboxylic acids is 1. The molecule has 1 amide bonds. The summed E-state index contributed by atoms with van der Waals surface area (Å²) in [6, 6.07) is 7.36. The molecule has 0 aliphatic rings. The number of benzene rings is 1. The Morgan fingerprint density at radius 1 is 1.28 bits per heavy atom. The Hall–Kier alpha value is -1.96. The number of hydrogen-bond acceptors (Lipinski definition) is 5. The quantitative estimate of drug-likeness (QED) is 0.664. The Kier molecular flexibility index (Phi) is 7.36. The normalized spacial score (nSPS) is 11.1. The minimum atomic E-state index is -0.304. The predicted molar refractivity (Wildman–Crippen MR) is 97.5 cm³/mol. The van der Waals surface area contributed by atoms with Crippen LogP contribution in [0.25, 0.3) is 5.69 Å². The molecule has 1 aromatic carbocycles. The summed E-state index contributed by atoms with van der Waals surface area (Å²) in [4.78, 5) is 16.7. The first-order chi connectivity index (χ1) is 12.0. The molecule has 0 fully saturated rings. The zero-order valence-electron chi connectivity index (χ0n) is 14.8. The summed E-state index contributed by atoms with van der Waals surface area (Å²) in [5.41, 5.74) is 0.709. The van der Waals surface area contributed by atoms with Gasteiger partial charge in [-0.05, 0) is 12.1 Å². The van der Waals surface area contributed by atoms with E-state index in [2.05, 4.69) is 20.7 Å². The lowest BCUT2D eigenvalue weighted by molar-refractivity contribution is 0.0943. The van der Waals surface area contributed by atoms with E-state index in [9.17, 15) is 4.79 Å². The maximum absolute atomic E-state index is 12.3. The standard InChI is InChI=1S/C17H24ClN5O2/c1-12(2)16-21-15(17(24)20-9-8-19-10-11-25-3)22-23(16)14-7-5-4-6-13(14)18/h4-7,12,19H,8-11H2,1-3H3,(H,20,24). The number of methoxy groups -OCH3 is 1. The number of nitrogens with one attached hydrogen (secondary N) is 2. The zero-order chi connectivity index (χ0) is 18.2. The maximum Gasteiger partial charge on any atom is 0.291 e. The smallest absolute Gasteiger partial charge is 0.291 e. The molecule has 2 N–H and O–H groups in total. The minimum Gasteiger partial charge on any atom is -0.383 e. The number of para-hydroxylation sites is 1. The van der Waals surface area contributed by atoms with Gasteiger partial charge in [0.2, 0.25) is 5.82 Å². The molecule has 0 unspecified atom stereocenters. The van der Waals surface area contributed by atoms with Gasteiger partial charge in [-0.3, -0.25) is 4.79 Å². The minimum absolute atomic E-state index is 0.0982. The summed E-state index contributed by atoms with van der Waals surface area (Å²) in [6.07, 6.45) is 0. The van der Waals surface area contributed by atoms with E-state index >= 15 is 0 Å². The van der Waals surface area contributed by atoms with Crippen molar-refractivity contribution < 1.29 is 9.53 Å². The van der Waals surface area contributed by atoms with Crippen LogP contribution in [0.3, 0.4) is 0 Å². The van der Waals surface area contributed by atoms with Crippen LogP contribution in [0, 0.1) is 0 Å². The number of aromatic nitrogens is 3. The molecule has 0 saturated carbocycles. The van der Waals surface area contributed by atoms with Gasteiger partial charge in [-0.15, -0.1) is 5.10 Å². The molecule has 0 atom stereocenters. The average molecular weight is 366 g/mol. The summed E-state index contributed by atoms with van der Waals surface area (Å²) >= 11 is 6.26. The van der Waals surface area contributed by atoms with E-state index in [0.29, 0.717) is 36.2 Å². The third-order valence-electron chi connectivity index (χ3n) is 3.50. The lowest BCUT2D eigenvalue weighted by Gasteiger charge is -2.09. The zero-order valence-corrected chi connectivity index (χ0v) is 15.5. The molecule has 7 nitrogen and oxygen atoms in total. The van der Waals surface area contributed by atoms with E-state index < -0.39 is 0 Å². The van der Waals surface area contributed by atoms with Crippen molar-refractivity contribution in [3.63, 3.8) is 0 Å². The van der Waals surface area contributed by atoms with Crippen LogP contribution in [-0.2, 0) is 4.74 Å². The second kappa shape index (κ2) is 9.50. The molecule has 25 heavy (non-hydrogen) atoms. The molecule has 2 rings (SSSR count). The van der Waals surface area contributed by atoms with Crippen LogP contribution < -0.4 is 10.6 Å². The lowest BCUT2D eigenvalue weighted by atomic mass is 10.2. The first-order valence-electron chi connectivity index (χ1n) is 8.24. The van der Waals surface area contributed by atoms with E-state index in [1.807, 2.05) is 32.0 Å². The highest BCUT2D eigenvalue weighted by Gasteiger charge is 2.20. The Morgan fingerprint density at radius 3 is 2.72 bits per heavy atom. The molecule has 0 saturated heterocycles. The van der Waals surface area contributed by atoms with Crippen LogP contribution in [0.2, 0.25) is 5.02 Å². The number of amides is 1. The first kappa shape index (κ1) is 19.4. The molecule has 0 aliphatic carbocycles. The van der Waals surface area contributed by atoms with Crippen LogP contribution in [0.1, 0.15) is 36.2 Å². The van der Waals surface area contributed by atoms with Crippen molar-refractivity contribution in [1.82, 2.24) is 25.4 Å². The van der Waals surface area contributed by atoms with Crippen molar-refractivity contribution in [2.24, 2.45) is 0 Å². The fraction of sp³-hybridized carbons (Fsp3) is 0.471. The highest BCUT2D eigenvalue weighted by atomic mass is 35.5. The summed E-state index contributed by atoms with van der Waals surface area (Å²) in [5.74, 6) is 0.624. The van der Waals surface area contributed by atoms with Crippen LogP contribution in [0.5, 0.6) is 0 Å². The van der Waals surface area contributed by atoms with Crippen molar-refractivity contribution in [1.29, 1.82) is 0 Å².